The number of esters is 1. The van der Waals surface area contributed by atoms with Crippen molar-refractivity contribution in [1.29, 1.82) is 0 Å². The third-order valence-electron chi connectivity index (χ3n) is 9.68. The molecule has 0 spiro atoms. The molecule has 3 nitrogen and oxygen atoms in total. The van der Waals surface area contributed by atoms with Crippen LogP contribution in [0.3, 0.4) is 0 Å². The first kappa shape index (κ1) is 24.2. The van der Waals surface area contributed by atoms with Gasteiger partial charge in [-0.25, -0.2) is 0 Å². The molecular formula is C23H32Br4O3. The summed E-state index contributed by atoms with van der Waals surface area (Å²) in [6, 6.07) is 0. The number of carbonyl (C=O) groups excluding carboxylic acids is 2. The van der Waals surface area contributed by atoms with Crippen molar-refractivity contribution in [3.05, 3.63) is 0 Å². The summed E-state index contributed by atoms with van der Waals surface area (Å²) in [5.74, 6) is 1.95. The third-order valence-corrected chi connectivity index (χ3v) is 15.5. The summed E-state index contributed by atoms with van der Waals surface area (Å²) in [4.78, 5) is 24.8. The molecule has 0 aliphatic heterocycles. The fraction of sp³-hybridized carbons (Fsp3) is 0.913. The molecule has 0 aromatic carbocycles. The van der Waals surface area contributed by atoms with E-state index in [9.17, 15) is 9.59 Å². The first-order valence-corrected chi connectivity index (χ1v) is 14.8. The number of ether oxygens (including phenoxy) is 1. The molecule has 3 unspecified atom stereocenters. The Balaban J connectivity index is 1.65. The van der Waals surface area contributed by atoms with Crippen LogP contribution in [-0.4, -0.2) is 36.7 Å². The molecule has 4 aliphatic carbocycles. The molecule has 9 atom stereocenters. The minimum atomic E-state index is -0.391. The third kappa shape index (κ3) is 3.24. The number of Topliss-reactive ketones (excluding diaryl/α,β-unsaturated/α-hetero) is 1. The van der Waals surface area contributed by atoms with E-state index < -0.39 is 4.32 Å². The number of halogens is 4. The molecule has 4 rings (SSSR count). The number of hydrogen-bond donors (Lipinski definition) is 0. The number of carbonyl (C=O) groups is 2. The predicted octanol–water partition coefficient (Wildman–Crippen LogP) is 6.95. The van der Waals surface area contributed by atoms with Crippen molar-refractivity contribution < 1.29 is 14.3 Å². The fourth-order valence-corrected chi connectivity index (χ4v) is 11.9. The molecule has 4 saturated carbocycles. The summed E-state index contributed by atoms with van der Waals surface area (Å²) < 4.78 is 5.19. The molecular weight excluding hydrogens is 644 g/mol. The van der Waals surface area contributed by atoms with E-state index in [1.54, 1.807) is 0 Å². The Bertz CT molecular complexity index is 746. The molecule has 0 radical (unpaired) electrons. The van der Waals surface area contributed by atoms with Gasteiger partial charge in [0.15, 0.2) is 5.78 Å². The number of fused-ring (bicyclic) bond motifs is 5. The summed E-state index contributed by atoms with van der Waals surface area (Å²) in [6.45, 7) is 6.36. The normalized spacial score (nSPS) is 52.7. The highest BCUT2D eigenvalue weighted by molar-refractivity contribution is 9.12. The average Bonchev–Trinajstić information content (AvgIpc) is 2.95. The number of rotatable bonds is 3. The highest BCUT2D eigenvalue weighted by atomic mass is 79.9. The van der Waals surface area contributed by atoms with E-state index >= 15 is 0 Å². The van der Waals surface area contributed by atoms with Crippen LogP contribution in [0.4, 0.5) is 0 Å². The van der Waals surface area contributed by atoms with Gasteiger partial charge in [-0.05, 0) is 73.5 Å². The van der Waals surface area contributed by atoms with Crippen molar-refractivity contribution in [2.75, 3.05) is 5.33 Å². The topological polar surface area (TPSA) is 43.4 Å². The molecule has 0 aromatic heterocycles. The maximum atomic E-state index is 12.9. The molecule has 0 heterocycles. The SMILES string of the molecule is CC(=O)O[C@H]1CC[C@]2(C)[C@H]3CC[C@@]4(C)[C@@H](CCC4(Br)C(=O)CBr)[C@@H]3CC(Br)C2(Br)C1. The minimum Gasteiger partial charge on any atom is -0.463 e. The van der Waals surface area contributed by atoms with Gasteiger partial charge in [-0.2, -0.15) is 0 Å². The maximum absolute atomic E-state index is 12.9. The molecule has 30 heavy (non-hydrogen) atoms. The second-order valence-electron chi connectivity index (χ2n) is 10.7. The largest absolute Gasteiger partial charge is 0.463 e. The zero-order valence-electron chi connectivity index (χ0n) is 18.0. The Morgan fingerprint density at radius 1 is 1.00 bits per heavy atom. The van der Waals surface area contributed by atoms with Gasteiger partial charge in [0, 0.05) is 22.5 Å². The van der Waals surface area contributed by atoms with E-state index in [1.807, 2.05) is 0 Å². The number of hydrogen-bond acceptors (Lipinski definition) is 3. The summed E-state index contributed by atoms with van der Waals surface area (Å²) in [6.07, 6.45) is 8.34. The van der Waals surface area contributed by atoms with E-state index in [0.717, 1.165) is 44.9 Å². The second-order valence-corrected chi connectivity index (χ2v) is 15.1. The van der Waals surface area contributed by atoms with E-state index in [2.05, 4.69) is 77.6 Å². The molecule has 0 aromatic rings. The summed E-state index contributed by atoms with van der Waals surface area (Å²) >= 11 is 15.7. The standard InChI is InChI=1S/C23H32Br4O3/c1-13(28)30-14-4-7-21(3)16-5-8-20(2)17(6-9-22(20,26)19(29)12-24)15(16)10-18(25)23(21,27)11-14/h14-18H,4-12H2,1-3H3/t14-,15+,16-,17-,18?,20-,21+,22?,23?/m0/s1. The van der Waals surface area contributed by atoms with Crippen molar-refractivity contribution >= 4 is 75.5 Å². The summed E-state index contributed by atoms with van der Waals surface area (Å²) in [5.41, 5.74) is 0.169. The van der Waals surface area contributed by atoms with Crippen LogP contribution in [0.5, 0.6) is 0 Å². The van der Waals surface area contributed by atoms with Crippen molar-refractivity contribution in [3.8, 4) is 0 Å². The van der Waals surface area contributed by atoms with Gasteiger partial charge in [-0.3, -0.25) is 9.59 Å². The van der Waals surface area contributed by atoms with Gasteiger partial charge in [0.1, 0.15) is 6.10 Å². The first-order valence-electron chi connectivity index (χ1n) is 11.2. The van der Waals surface area contributed by atoms with Crippen LogP contribution in [0.15, 0.2) is 0 Å². The predicted molar refractivity (Wildman–Crippen MR) is 134 cm³/mol. The van der Waals surface area contributed by atoms with Gasteiger partial charge in [0.2, 0.25) is 0 Å². The zero-order valence-corrected chi connectivity index (χ0v) is 24.3. The molecule has 0 N–H and O–H groups in total. The lowest BCUT2D eigenvalue weighted by molar-refractivity contribution is -0.155. The van der Waals surface area contributed by atoms with Crippen LogP contribution < -0.4 is 0 Å². The smallest absolute Gasteiger partial charge is 0.302 e. The first-order chi connectivity index (χ1) is 13.9. The Kier molecular flexibility index (Phi) is 6.51. The van der Waals surface area contributed by atoms with Crippen LogP contribution in [0.1, 0.15) is 72.1 Å². The van der Waals surface area contributed by atoms with Gasteiger partial charge in [0.05, 0.1) is 9.65 Å². The summed E-state index contributed by atoms with van der Waals surface area (Å²) in [5, 5.41) is 0.426. The Morgan fingerprint density at radius 3 is 2.23 bits per heavy atom. The zero-order chi connectivity index (χ0) is 22.1. The molecule has 4 aliphatic rings. The Morgan fingerprint density at radius 2 is 1.60 bits per heavy atom. The van der Waals surface area contributed by atoms with Crippen molar-refractivity contribution in [2.24, 2.45) is 28.6 Å². The fourth-order valence-electron chi connectivity index (χ4n) is 8.03. The molecule has 0 bridgehead atoms. The van der Waals surface area contributed by atoms with Crippen LogP contribution in [0.2, 0.25) is 0 Å². The molecule has 170 valence electrons. The lowest BCUT2D eigenvalue weighted by Crippen LogP contribution is -2.65. The van der Waals surface area contributed by atoms with Gasteiger partial charge < -0.3 is 4.74 Å². The van der Waals surface area contributed by atoms with E-state index in [1.165, 1.54) is 13.3 Å². The van der Waals surface area contributed by atoms with Crippen molar-refractivity contribution in [3.63, 3.8) is 0 Å². The average molecular weight is 676 g/mol. The number of alkyl halides is 4. The van der Waals surface area contributed by atoms with E-state index in [-0.39, 0.29) is 27.2 Å². The van der Waals surface area contributed by atoms with Crippen molar-refractivity contribution in [2.45, 2.75) is 91.7 Å². The van der Waals surface area contributed by atoms with E-state index in [0.29, 0.717) is 33.7 Å². The van der Waals surface area contributed by atoms with E-state index in [4.69, 9.17) is 4.74 Å². The van der Waals surface area contributed by atoms with Gasteiger partial charge in [0.25, 0.3) is 0 Å². The van der Waals surface area contributed by atoms with Gasteiger partial charge in [-0.15, -0.1) is 0 Å². The quantitative estimate of drug-likeness (QED) is 0.240. The number of ketones is 1. The highest BCUT2D eigenvalue weighted by Crippen LogP contribution is 2.72. The highest BCUT2D eigenvalue weighted by Gasteiger charge is 2.69. The Labute approximate surface area is 214 Å². The van der Waals surface area contributed by atoms with Crippen LogP contribution in [0, 0.1) is 28.6 Å². The lowest BCUT2D eigenvalue weighted by atomic mass is 9.44. The Hall–Kier alpha value is 1.06. The maximum Gasteiger partial charge on any atom is 0.302 e. The molecule has 0 saturated heterocycles. The molecule has 0 amide bonds. The van der Waals surface area contributed by atoms with Gasteiger partial charge >= 0.3 is 5.97 Å². The monoisotopic (exact) mass is 672 g/mol. The lowest BCUT2D eigenvalue weighted by Gasteiger charge is -2.66. The second kappa shape index (κ2) is 8.08. The van der Waals surface area contributed by atoms with Crippen LogP contribution in [0.25, 0.3) is 0 Å². The van der Waals surface area contributed by atoms with Crippen LogP contribution >= 0.6 is 63.7 Å². The molecule has 7 heteroatoms. The molecule has 4 fully saturated rings. The van der Waals surface area contributed by atoms with Crippen molar-refractivity contribution in [1.82, 2.24) is 0 Å². The van der Waals surface area contributed by atoms with Crippen LogP contribution in [-0.2, 0) is 14.3 Å². The minimum absolute atomic E-state index is 0.00127. The van der Waals surface area contributed by atoms with Gasteiger partial charge in [-0.1, -0.05) is 77.6 Å². The summed E-state index contributed by atoms with van der Waals surface area (Å²) in [7, 11) is 0.